The molecule has 1 aromatic rings. The molecule has 4 nitrogen and oxygen atoms in total. The SMILES string of the molecule is O=C(N1CCCCC1(C(=O)O)c1ccccc1)C(F)(F)F. The summed E-state index contributed by atoms with van der Waals surface area (Å²) in [4.78, 5) is 23.9. The van der Waals surface area contributed by atoms with Crippen molar-refractivity contribution in [1.29, 1.82) is 0 Å². The Labute approximate surface area is 119 Å². The number of alkyl halides is 3. The van der Waals surface area contributed by atoms with Crippen LogP contribution >= 0.6 is 0 Å². The second kappa shape index (κ2) is 5.38. The normalized spacial score (nSPS) is 22.9. The van der Waals surface area contributed by atoms with Crippen molar-refractivity contribution in [2.75, 3.05) is 6.54 Å². The number of likely N-dealkylation sites (tertiary alicyclic amines) is 1. The molecule has 1 saturated heterocycles. The highest BCUT2D eigenvalue weighted by Crippen LogP contribution is 2.40. The standard InChI is InChI=1S/C14H14F3NO3/c15-14(16,17)11(19)18-9-5-4-8-13(18,12(20)21)10-6-2-1-3-7-10/h1-3,6-7H,4-5,8-9H2,(H,20,21). The molecule has 1 aromatic carbocycles. The largest absolute Gasteiger partial charge is 0.479 e. The Kier molecular flexibility index (Phi) is 3.93. The molecule has 21 heavy (non-hydrogen) atoms. The van der Waals surface area contributed by atoms with Crippen LogP contribution in [0.5, 0.6) is 0 Å². The van der Waals surface area contributed by atoms with E-state index in [9.17, 15) is 27.9 Å². The van der Waals surface area contributed by atoms with Crippen molar-refractivity contribution in [3.05, 3.63) is 35.9 Å². The van der Waals surface area contributed by atoms with Crippen LogP contribution in [0.4, 0.5) is 13.2 Å². The van der Waals surface area contributed by atoms with Crippen LogP contribution in [0.15, 0.2) is 30.3 Å². The number of halogens is 3. The molecule has 2 rings (SSSR count). The molecule has 0 radical (unpaired) electrons. The van der Waals surface area contributed by atoms with Gasteiger partial charge in [0, 0.05) is 6.54 Å². The summed E-state index contributed by atoms with van der Waals surface area (Å²) in [5.41, 5.74) is -1.76. The highest BCUT2D eigenvalue weighted by Gasteiger charge is 2.55. The van der Waals surface area contributed by atoms with Crippen molar-refractivity contribution in [2.24, 2.45) is 0 Å². The third-order valence-corrected chi connectivity index (χ3v) is 3.72. The number of carbonyl (C=O) groups is 2. The van der Waals surface area contributed by atoms with Gasteiger partial charge in [0.25, 0.3) is 0 Å². The average Bonchev–Trinajstić information content (AvgIpc) is 2.46. The number of piperidine rings is 1. The van der Waals surface area contributed by atoms with Crippen molar-refractivity contribution in [1.82, 2.24) is 4.90 Å². The molecule has 7 heteroatoms. The van der Waals surface area contributed by atoms with Crippen LogP contribution in [0.3, 0.4) is 0 Å². The highest BCUT2D eigenvalue weighted by molar-refractivity contribution is 5.90. The monoisotopic (exact) mass is 301 g/mol. The fourth-order valence-corrected chi connectivity index (χ4v) is 2.76. The van der Waals surface area contributed by atoms with Crippen LogP contribution in [0, 0.1) is 0 Å². The van der Waals surface area contributed by atoms with E-state index in [0.717, 1.165) is 0 Å². The van der Waals surface area contributed by atoms with Gasteiger partial charge in [-0.3, -0.25) is 4.79 Å². The molecule has 0 saturated carbocycles. The van der Waals surface area contributed by atoms with Crippen molar-refractivity contribution < 1.29 is 27.9 Å². The Bertz CT molecular complexity index is 544. The number of amides is 1. The van der Waals surface area contributed by atoms with E-state index < -0.39 is 23.6 Å². The van der Waals surface area contributed by atoms with E-state index >= 15 is 0 Å². The van der Waals surface area contributed by atoms with Crippen molar-refractivity contribution in [3.63, 3.8) is 0 Å². The molecule has 0 bridgehead atoms. The summed E-state index contributed by atoms with van der Waals surface area (Å²) < 4.78 is 38.3. The third-order valence-electron chi connectivity index (χ3n) is 3.72. The maximum absolute atomic E-state index is 12.8. The first-order chi connectivity index (χ1) is 9.80. The summed E-state index contributed by atoms with van der Waals surface area (Å²) in [5, 5.41) is 9.57. The molecule has 1 N–H and O–H groups in total. The van der Waals surface area contributed by atoms with Gasteiger partial charge < -0.3 is 10.0 Å². The summed E-state index contributed by atoms with van der Waals surface area (Å²) in [7, 11) is 0. The number of benzene rings is 1. The number of carboxylic acids is 1. The lowest BCUT2D eigenvalue weighted by Gasteiger charge is -2.44. The first-order valence-corrected chi connectivity index (χ1v) is 6.48. The van der Waals surface area contributed by atoms with E-state index in [1.54, 1.807) is 18.2 Å². The Hall–Kier alpha value is -2.05. The summed E-state index contributed by atoms with van der Waals surface area (Å²) in [6.07, 6.45) is -4.33. The zero-order valence-corrected chi connectivity index (χ0v) is 11.1. The van der Waals surface area contributed by atoms with Crippen molar-refractivity contribution in [3.8, 4) is 0 Å². The van der Waals surface area contributed by atoms with E-state index in [0.29, 0.717) is 17.7 Å². The van der Waals surface area contributed by atoms with Crippen LogP contribution in [-0.4, -0.2) is 34.6 Å². The fraction of sp³-hybridized carbons (Fsp3) is 0.429. The minimum Gasteiger partial charge on any atom is -0.479 e. The van der Waals surface area contributed by atoms with Gasteiger partial charge in [-0.25, -0.2) is 4.79 Å². The number of rotatable bonds is 2. The minimum atomic E-state index is -5.09. The maximum Gasteiger partial charge on any atom is 0.471 e. The molecule has 0 aliphatic carbocycles. The summed E-state index contributed by atoms with van der Waals surface area (Å²) in [5.74, 6) is -3.54. The minimum absolute atomic E-state index is 0.0336. The van der Waals surface area contributed by atoms with Gasteiger partial charge in [-0.2, -0.15) is 13.2 Å². The Morgan fingerprint density at radius 2 is 1.76 bits per heavy atom. The van der Waals surface area contributed by atoms with Gasteiger partial charge >= 0.3 is 18.1 Å². The van der Waals surface area contributed by atoms with Gasteiger partial charge in [0.1, 0.15) is 0 Å². The Morgan fingerprint density at radius 3 is 2.29 bits per heavy atom. The predicted molar refractivity (Wildman–Crippen MR) is 67.4 cm³/mol. The zero-order chi connectivity index (χ0) is 15.7. The quantitative estimate of drug-likeness (QED) is 0.913. The van der Waals surface area contributed by atoms with Crippen LogP contribution in [0.2, 0.25) is 0 Å². The van der Waals surface area contributed by atoms with Crippen LogP contribution in [-0.2, 0) is 15.1 Å². The van der Waals surface area contributed by atoms with Crippen molar-refractivity contribution >= 4 is 11.9 Å². The van der Waals surface area contributed by atoms with Gasteiger partial charge in [-0.05, 0) is 24.8 Å². The molecule has 1 unspecified atom stereocenters. The number of carbonyl (C=O) groups excluding carboxylic acids is 1. The molecule has 114 valence electrons. The Morgan fingerprint density at radius 1 is 1.14 bits per heavy atom. The first-order valence-electron chi connectivity index (χ1n) is 6.48. The Balaban J connectivity index is 2.55. The number of hydrogen-bond acceptors (Lipinski definition) is 2. The molecule has 1 fully saturated rings. The lowest BCUT2D eigenvalue weighted by molar-refractivity contribution is -0.198. The van der Waals surface area contributed by atoms with E-state index in [1.807, 2.05) is 0 Å². The van der Waals surface area contributed by atoms with Crippen molar-refractivity contribution in [2.45, 2.75) is 31.0 Å². The van der Waals surface area contributed by atoms with Gasteiger partial charge in [-0.1, -0.05) is 30.3 Å². The molecule has 1 aliphatic heterocycles. The fourth-order valence-electron chi connectivity index (χ4n) is 2.76. The summed E-state index contributed by atoms with van der Waals surface area (Å²) >= 11 is 0. The first kappa shape index (κ1) is 15.3. The molecule has 1 atom stereocenters. The maximum atomic E-state index is 12.8. The number of carboxylic acid groups (broad SMARTS) is 1. The topological polar surface area (TPSA) is 57.6 Å². The molecule has 1 aliphatic rings. The summed E-state index contributed by atoms with van der Waals surface area (Å²) in [6, 6.07) is 7.61. The molecule has 0 spiro atoms. The van der Waals surface area contributed by atoms with Gasteiger partial charge in [0.2, 0.25) is 0 Å². The second-order valence-corrected chi connectivity index (χ2v) is 4.94. The van der Waals surface area contributed by atoms with Crippen LogP contribution < -0.4 is 0 Å². The molecular formula is C14H14F3NO3. The van der Waals surface area contributed by atoms with Crippen LogP contribution in [0.1, 0.15) is 24.8 Å². The number of hydrogen-bond donors (Lipinski definition) is 1. The number of aliphatic carboxylic acids is 1. The zero-order valence-electron chi connectivity index (χ0n) is 11.1. The number of nitrogens with zero attached hydrogens (tertiary/aromatic N) is 1. The second-order valence-electron chi connectivity index (χ2n) is 4.94. The van der Waals surface area contributed by atoms with Gasteiger partial charge in [0.05, 0.1) is 0 Å². The summed E-state index contributed by atoms with van der Waals surface area (Å²) in [6.45, 7) is -0.223. The molecule has 1 amide bonds. The average molecular weight is 301 g/mol. The lowest BCUT2D eigenvalue weighted by atomic mass is 9.80. The van der Waals surface area contributed by atoms with Gasteiger partial charge in [0.15, 0.2) is 5.54 Å². The third kappa shape index (κ3) is 2.59. The van der Waals surface area contributed by atoms with Gasteiger partial charge in [-0.15, -0.1) is 0 Å². The highest BCUT2D eigenvalue weighted by atomic mass is 19.4. The molecule has 0 aromatic heterocycles. The van der Waals surface area contributed by atoms with E-state index in [4.69, 9.17) is 0 Å². The predicted octanol–water partition coefficient (Wildman–Crippen LogP) is 2.54. The van der Waals surface area contributed by atoms with E-state index in [1.165, 1.54) is 12.1 Å². The van der Waals surface area contributed by atoms with E-state index in [-0.39, 0.29) is 18.5 Å². The van der Waals surface area contributed by atoms with E-state index in [2.05, 4.69) is 0 Å². The molecule has 1 heterocycles. The van der Waals surface area contributed by atoms with Crippen LogP contribution in [0.25, 0.3) is 0 Å². The lowest BCUT2D eigenvalue weighted by Crippen LogP contribution is -2.60. The molecular weight excluding hydrogens is 287 g/mol. The smallest absolute Gasteiger partial charge is 0.471 e.